The minimum absolute atomic E-state index is 0.208. The van der Waals surface area contributed by atoms with Crippen molar-refractivity contribution in [3.8, 4) is 10.6 Å². The number of aromatic nitrogens is 3. The van der Waals surface area contributed by atoms with E-state index in [-0.39, 0.29) is 5.56 Å². The zero-order valence-electron chi connectivity index (χ0n) is 9.24. The van der Waals surface area contributed by atoms with Crippen LogP contribution in [0.3, 0.4) is 0 Å². The van der Waals surface area contributed by atoms with Crippen LogP contribution >= 0.6 is 23.6 Å². The molecule has 2 aromatic heterocycles. The lowest BCUT2D eigenvalue weighted by atomic mass is 10.4. The van der Waals surface area contributed by atoms with Crippen molar-refractivity contribution in [2.75, 3.05) is 11.9 Å². The number of nitrogens with zero attached hydrogens (tertiary/aromatic N) is 1. The Labute approximate surface area is 107 Å². The van der Waals surface area contributed by atoms with Crippen LogP contribution < -0.4 is 10.9 Å². The third-order valence-corrected chi connectivity index (χ3v) is 3.25. The number of H-pyrrole nitrogens is 2. The first kappa shape index (κ1) is 12.0. The molecule has 0 aliphatic carbocycles. The summed E-state index contributed by atoms with van der Waals surface area (Å²) in [5.41, 5.74) is 0.487. The molecule has 0 aromatic carbocycles. The maximum absolute atomic E-state index is 11.3. The Morgan fingerprint density at radius 2 is 2.35 bits per heavy atom. The van der Waals surface area contributed by atoms with E-state index in [9.17, 15) is 4.79 Å². The first-order valence-electron chi connectivity index (χ1n) is 5.22. The van der Waals surface area contributed by atoms with Crippen LogP contribution in [0.4, 0.5) is 5.13 Å². The SMILES string of the molecule is CCCNc1ncc(-c2cc(=O)[nH]c(=S)[nH]2)s1. The third-order valence-electron chi connectivity index (χ3n) is 2.06. The maximum Gasteiger partial charge on any atom is 0.252 e. The Bertz CT molecular complexity index is 585. The van der Waals surface area contributed by atoms with E-state index < -0.39 is 0 Å². The largest absolute Gasteiger partial charge is 0.362 e. The van der Waals surface area contributed by atoms with Crippen molar-refractivity contribution in [3.63, 3.8) is 0 Å². The summed E-state index contributed by atoms with van der Waals surface area (Å²) in [6, 6.07) is 1.48. The molecular weight excluding hydrogens is 256 g/mol. The molecule has 0 radical (unpaired) electrons. The second-order valence-corrected chi connectivity index (χ2v) is 4.90. The van der Waals surface area contributed by atoms with E-state index in [4.69, 9.17) is 12.2 Å². The lowest BCUT2D eigenvalue weighted by Gasteiger charge is -1.97. The second kappa shape index (κ2) is 5.24. The van der Waals surface area contributed by atoms with Crippen molar-refractivity contribution >= 4 is 28.7 Å². The smallest absolute Gasteiger partial charge is 0.252 e. The van der Waals surface area contributed by atoms with Gasteiger partial charge in [-0.15, -0.1) is 0 Å². The maximum atomic E-state index is 11.3. The molecule has 0 saturated heterocycles. The van der Waals surface area contributed by atoms with Crippen molar-refractivity contribution in [2.45, 2.75) is 13.3 Å². The lowest BCUT2D eigenvalue weighted by molar-refractivity contribution is 0.976. The molecule has 2 heterocycles. The molecule has 90 valence electrons. The predicted octanol–water partition coefficient (Wildman–Crippen LogP) is 2.38. The molecule has 2 aromatic rings. The monoisotopic (exact) mass is 268 g/mol. The lowest BCUT2D eigenvalue weighted by Crippen LogP contribution is -2.05. The molecule has 0 aliphatic heterocycles. The summed E-state index contributed by atoms with van der Waals surface area (Å²) in [7, 11) is 0. The Morgan fingerprint density at radius 1 is 1.53 bits per heavy atom. The van der Waals surface area contributed by atoms with Crippen LogP contribution in [0.15, 0.2) is 17.1 Å². The van der Waals surface area contributed by atoms with Crippen molar-refractivity contribution in [1.29, 1.82) is 0 Å². The number of aromatic amines is 2. The van der Waals surface area contributed by atoms with Crippen molar-refractivity contribution in [2.24, 2.45) is 0 Å². The summed E-state index contributed by atoms with van der Waals surface area (Å²) >= 11 is 6.41. The highest BCUT2D eigenvalue weighted by Crippen LogP contribution is 2.26. The van der Waals surface area contributed by atoms with Crippen LogP contribution in [0.1, 0.15) is 13.3 Å². The minimum Gasteiger partial charge on any atom is -0.362 e. The molecule has 0 aliphatic rings. The topological polar surface area (TPSA) is 73.6 Å². The van der Waals surface area contributed by atoms with Gasteiger partial charge in [0.25, 0.3) is 5.56 Å². The predicted molar refractivity (Wildman–Crippen MR) is 72.1 cm³/mol. The summed E-state index contributed by atoms with van der Waals surface area (Å²) in [5.74, 6) is 0. The number of nitrogens with one attached hydrogen (secondary N) is 3. The number of rotatable bonds is 4. The molecule has 0 fully saturated rings. The Morgan fingerprint density at radius 3 is 3.06 bits per heavy atom. The van der Waals surface area contributed by atoms with Gasteiger partial charge in [0.2, 0.25) is 0 Å². The Balaban J connectivity index is 2.30. The average Bonchev–Trinajstić information content (AvgIpc) is 2.73. The molecule has 0 spiro atoms. The van der Waals surface area contributed by atoms with Gasteiger partial charge >= 0.3 is 0 Å². The van der Waals surface area contributed by atoms with Crippen LogP contribution in [0.5, 0.6) is 0 Å². The summed E-state index contributed by atoms with van der Waals surface area (Å²) in [6.45, 7) is 2.98. The van der Waals surface area contributed by atoms with E-state index in [0.29, 0.717) is 10.5 Å². The summed E-state index contributed by atoms with van der Waals surface area (Å²) in [6.07, 6.45) is 2.77. The minimum atomic E-state index is -0.208. The zero-order valence-corrected chi connectivity index (χ0v) is 10.9. The fraction of sp³-hybridized carbons (Fsp3) is 0.300. The van der Waals surface area contributed by atoms with Gasteiger partial charge in [-0.2, -0.15) is 0 Å². The number of anilines is 1. The van der Waals surface area contributed by atoms with Crippen LogP contribution in [0, 0.1) is 4.77 Å². The Hall–Kier alpha value is -1.47. The van der Waals surface area contributed by atoms with Gasteiger partial charge in [0.05, 0.1) is 10.6 Å². The molecule has 5 nitrogen and oxygen atoms in total. The highest BCUT2D eigenvalue weighted by Gasteiger charge is 2.05. The zero-order chi connectivity index (χ0) is 12.3. The fourth-order valence-electron chi connectivity index (χ4n) is 1.31. The third kappa shape index (κ3) is 3.01. The number of thiazole rings is 1. The highest BCUT2D eigenvalue weighted by atomic mass is 32.1. The highest BCUT2D eigenvalue weighted by molar-refractivity contribution is 7.71. The van der Waals surface area contributed by atoms with E-state index in [0.717, 1.165) is 23.0 Å². The van der Waals surface area contributed by atoms with Crippen molar-refractivity contribution in [1.82, 2.24) is 15.0 Å². The standard InChI is InChI=1S/C10H12N4OS2/c1-2-3-11-10-12-5-7(17-10)6-4-8(15)14-9(16)13-6/h4-5H,2-3H2,1H3,(H,11,12)(H2,13,14,15,16). The number of hydrogen-bond donors (Lipinski definition) is 3. The summed E-state index contributed by atoms with van der Waals surface area (Å²) < 4.78 is 0.323. The molecule has 0 unspecified atom stereocenters. The average molecular weight is 268 g/mol. The van der Waals surface area contributed by atoms with Gasteiger partial charge in [-0.3, -0.25) is 9.78 Å². The van der Waals surface area contributed by atoms with Crippen LogP contribution in [-0.2, 0) is 0 Å². The van der Waals surface area contributed by atoms with Gasteiger partial charge in [-0.1, -0.05) is 18.3 Å². The van der Waals surface area contributed by atoms with Crippen LogP contribution in [-0.4, -0.2) is 21.5 Å². The van der Waals surface area contributed by atoms with Gasteiger partial charge in [0, 0.05) is 18.8 Å². The van der Waals surface area contributed by atoms with Crippen molar-refractivity contribution in [3.05, 3.63) is 27.4 Å². The number of hydrogen-bond acceptors (Lipinski definition) is 5. The van der Waals surface area contributed by atoms with E-state index >= 15 is 0 Å². The van der Waals surface area contributed by atoms with Gasteiger partial charge in [0.15, 0.2) is 9.90 Å². The molecule has 3 N–H and O–H groups in total. The normalized spacial score (nSPS) is 10.4. The van der Waals surface area contributed by atoms with E-state index in [1.54, 1.807) is 6.20 Å². The second-order valence-electron chi connectivity index (χ2n) is 3.46. The van der Waals surface area contributed by atoms with Gasteiger partial charge in [-0.05, 0) is 18.6 Å². The van der Waals surface area contributed by atoms with Crippen LogP contribution in [0.25, 0.3) is 10.6 Å². The molecule has 0 bridgehead atoms. The van der Waals surface area contributed by atoms with Gasteiger partial charge in [-0.25, -0.2) is 4.98 Å². The molecular formula is C10H12N4OS2. The van der Waals surface area contributed by atoms with Crippen LogP contribution in [0.2, 0.25) is 0 Å². The molecule has 0 amide bonds. The molecule has 0 atom stereocenters. The first-order chi connectivity index (χ1) is 8.19. The Kier molecular flexibility index (Phi) is 3.70. The van der Waals surface area contributed by atoms with E-state index in [1.165, 1.54) is 17.4 Å². The summed E-state index contributed by atoms with van der Waals surface area (Å²) in [5, 5.41) is 4.04. The van der Waals surface area contributed by atoms with E-state index in [2.05, 4.69) is 27.2 Å². The molecule has 17 heavy (non-hydrogen) atoms. The van der Waals surface area contributed by atoms with E-state index in [1.807, 2.05) is 0 Å². The fourth-order valence-corrected chi connectivity index (χ4v) is 2.34. The first-order valence-corrected chi connectivity index (χ1v) is 6.45. The summed E-state index contributed by atoms with van der Waals surface area (Å²) in [4.78, 5) is 21.8. The quantitative estimate of drug-likeness (QED) is 0.744. The molecule has 2 rings (SSSR count). The molecule has 0 saturated carbocycles. The molecule has 7 heteroatoms. The van der Waals surface area contributed by atoms with Gasteiger partial charge < -0.3 is 10.3 Å². The van der Waals surface area contributed by atoms with Crippen molar-refractivity contribution < 1.29 is 0 Å². The van der Waals surface area contributed by atoms with Gasteiger partial charge in [0.1, 0.15) is 0 Å².